The van der Waals surface area contributed by atoms with Gasteiger partial charge in [0.1, 0.15) is 5.82 Å². The second kappa shape index (κ2) is 4.57. The molecule has 2 aromatic rings. The Bertz CT molecular complexity index is 560. The van der Waals surface area contributed by atoms with Crippen LogP contribution >= 0.6 is 11.3 Å². The van der Waals surface area contributed by atoms with Crippen LogP contribution in [-0.4, -0.2) is 22.6 Å². The van der Waals surface area contributed by atoms with Crippen molar-refractivity contribution in [2.75, 3.05) is 7.11 Å². The number of imidazole rings is 1. The van der Waals surface area contributed by atoms with Crippen LogP contribution in [0.15, 0.2) is 23.7 Å². The lowest BCUT2D eigenvalue weighted by atomic mass is 9.96. The van der Waals surface area contributed by atoms with Crippen LogP contribution in [0.5, 0.6) is 0 Å². The molecule has 3 heterocycles. The third-order valence-electron chi connectivity index (χ3n) is 3.35. The van der Waals surface area contributed by atoms with Crippen molar-refractivity contribution in [3.05, 3.63) is 29.4 Å². The van der Waals surface area contributed by atoms with E-state index >= 15 is 0 Å². The second-order valence-electron chi connectivity index (χ2n) is 4.35. The van der Waals surface area contributed by atoms with E-state index in [0.717, 1.165) is 35.8 Å². The van der Waals surface area contributed by atoms with Gasteiger partial charge in [0.05, 0.1) is 23.6 Å². The molecule has 0 aromatic carbocycles. The Balaban J connectivity index is 2.03. The molecule has 3 rings (SSSR count). The van der Waals surface area contributed by atoms with Crippen LogP contribution in [0, 0.1) is 0 Å². The van der Waals surface area contributed by atoms with Crippen molar-refractivity contribution in [1.29, 1.82) is 0 Å². The summed E-state index contributed by atoms with van der Waals surface area (Å²) in [6, 6.07) is 4.07. The van der Waals surface area contributed by atoms with Gasteiger partial charge in [-0.15, -0.1) is 11.3 Å². The molecular weight excluding hydrogens is 248 g/mol. The molecule has 0 saturated heterocycles. The molecule has 0 amide bonds. The SMILES string of the molecule is COC(=O)C1CCCn2c1cnc2-c1cccs1. The molecule has 0 fully saturated rings. The molecule has 2 aromatic heterocycles. The van der Waals surface area contributed by atoms with Gasteiger partial charge in [0.25, 0.3) is 0 Å². The second-order valence-corrected chi connectivity index (χ2v) is 5.30. The van der Waals surface area contributed by atoms with Crippen LogP contribution in [0.2, 0.25) is 0 Å². The highest BCUT2D eigenvalue weighted by Gasteiger charge is 2.29. The molecule has 0 bridgehead atoms. The normalized spacial score (nSPS) is 18.4. The van der Waals surface area contributed by atoms with E-state index < -0.39 is 0 Å². The molecule has 5 heteroatoms. The lowest BCUT2D eigenvalue weighted by molar-refractivity contribution is -0.143. The van der Waals surface area contributed by atoms with Gasteiger partial charge in [0, 0.05) is 12.7 Å². The predicted octanol–water partition coefficient (Wildman–Crippen LogP) is 2.66. The molecule has 0 saturated carbocycles. The predicted molar refractivity (Wildman–Crippen MR) is 69.5 cm³/mol. The molecule has 0 N–H and O–H groups in total. The van der Waals surface area contributed by atoms with E-state index in [1.54, 1.807) is 11.3 Å². The lowest BCUT2D eigenvalue weighted by Crippen LogP contribution is -2.23. The van der Waals surface area contributed by atoms with E-state index in [1.807, 2.05) is 17.6 Å². The fraction of sp³-hybridized carbons (Fsp3) is 0.385. The van der Waals surface area contributed by atoms with E-state index in [1.165, 1.54) is 7.11 Å². The maximum Gasteiger partial charge on any atom is 0.314 e. The first-order valence-electron chi connectivity index (χ1n) is 5.98. The summed E-state index contributed by atoms with van der Waals surface area (Å²) in [5, 5.41) is 2.04. The first kappa shape index (κ1) is 11.5. The topological polar surface area (TPSA) is 44.1 Å². The summed E-state index contributed by atoms with van der Waals surface area (Å²) in [7, 11) is 1.44. The first-order valence-corrected chi connectivity index (χ1v) is 6.86. The van der Waals surface area contributed by atoms with Crippen LogP contribution in [0.1, 0.15) is 24.5 Å². The summed E-state index contributed by atoms with van der Waals surface area (Å²) in [5.41, 5.74) is 0.983. The van der Waals surface area contributed by atoms with Crippen molar-refractivity contribution in [1.82, 2.24) is 9.55 Å². The Hall–Kier alpha value is -1.62. The first-order chi connectivity index (χ1) is 8.81. The number of thiophene rings is 1. The van der Waals surface area contributed by atoms with Crippen molar-refractivity contribution in [3.8, 4) is 10.7 Å². The number of fused-ring (bicyclic) bond motifs is 1. The van der Waals surface area contributed by atoms with E-state index in [9.17, 15) is 4.79 Å². The van der Waals surface area contributed by atoms with Gasteiger partial charge in [-0.2, -0.15) is 0 Å². The van der Waals surface area contributed by atoms with Crippen molar-refractivity contribution in [3.63, 3.8) is 0 Å². The van der Waals surface area contributed by atoms with Crippen LogP contribution in [0.4, 0.5) is 0 Å². The fourth-order valence-corrected chi connectivity index (χ4v) is 3.22. The van der Waals surface area contributed by atoms with Crippen LogP contribution in [0.3, 0.4) is 0 Å². The number of carbonyl (C=O) groups is 1. The molecule has 94 valence electrons. The van der Waals surface area contributed by atoms with Gasteiger partial charge in [-0.3, -0.25) is 4.79 Å². The number of hydrogen-bond donors (Lipinski definition) is 0. The summed E-state index contributed by atoms with van der Waals surface area (Å²) < 4.78 is 7.02. The monoisotopic (exact) mass is 262 g/mol. The van der Waals surface area contributed by atoms with Gasteiger partial charge < -0.3 is 9.30 Å². The van der Waals surface area contributed by atoms with Crippen LogP contribution in [0.25, 0.3) is 10.7 Å². The largest absolute Gasteiger partial charge is 0.469 e. The number of rotatable bonds is 2. The van der Waals surface area contributed by atoms with Crippen molar-refractivity contribution in [2.24, 2.45) is 0 Å². The van der Waals surface area contributed by atoms with Gasteiger partial charge >= 0.3 is 5.97 Å². The summed E-state index contributed by atoms with van der Waals surface area (Å²) in [6.07, 6.45) is 3.65. The van der Waals surface area contributed by atoms with Gasteiger partial charge in [0.15, 0.2) is 0 Å². The Kier molecular flexibility index (Phi) is 2.91. The van der Waals surface area contributed by atoms with E-state index in [2.05, 4.69) is 15.6 Å². The standard InChI is InChI=1S/C13H14N2O2S/c1-17-13(16)9-4-2-6-15-10(9)8-14-12(15)11-5-3-7-18-11/h3,5,7-9H,2,4,6H2,1H3. The zero-order valence-corrected chi connectivity index (χ0v) is 10.9. The summed E-state index contributed by atoms with van der Waals surface area (Å²) in [4.78, 5) is 17.4. The summed E-state index contributed by atoms with van der Waals surface area (Å²) in [6.45, 7) is 0.927. The minimum Gasteiger partial charge on any atom is -0.469 e. The highest BCUT2D eigenvalue weighted by molar-refractivity contribution is 7.13. The highest BCUT2D eigenvalue weighted by Crippen LogP contribution is 2.33. The maximum atomic E-state index is 11.8. The lowest BCUT2D eigenvalue weighted by Gasteiger charge is -2.23. The molecule has 0 aliphatic carbocycles. The molecule has 0 spiro atoms. The van der Waals surface area contributed by atoms with E-state index in [-0.39, 0.29) is 11.9 Å². The molecule has 1 aliphatic heterocycles. The molecule has 1 atom stereocenters. The highest BCUT2D eigenvalue weighted by atomic mass is 32.1. The third-order valence-corrected chi connectivity index (χ3v) is 4.21. The zero-order valence-electron chi connectivity index (χ0n) is 10.1. The number of aromatic nitrogens is 2. The number of nitrogens with zero attached hydrogens (tertiary/aromatic N) is 2. The molecule has 4 nitrogen and oxygen atoms in total. The Labute approximate surface area is 109 Å². The van der Waals surface area contributed by atoms with Crippen molar-refractivity contribution in [2.45, 2.75) is 25.3 Å². The van der Waals surface area contributed by atoms with Gasteiger partial charge in [-0.1, -0.05) is 6.07 Å². The van der Waals surface area contributed by atoms with E-state index in [0.29, 0.717) is 0 Å². The number of methoxy groups -OCH3 is 1. The Morgan fingerprint density at radius 1 is 1.61 bits per heavy atom. The average Bonchev–Trinajstić information content (AvgIpc) is 3.05. The smallest absolute Gasteiger partial charge is 0.314 e. The average molecular weight is 262 g/mol. The number of carbonyl (C=O) groups excluding carboxylic acids is 1. The molecule has 1 aliphatic rings. The fourth-order valence-electron chi connectivity index (χ4n) is 2.49. The third kappa shape index (κ3) is 1.75. The van der Waals surface area contributed by atoms with Gasteiger partial charge in [0.2, 0.25) is 0 Å². The minimum absolute atomic E-state index is 0.159. The van der Waals surface area contributed by atoms with Crippen LogP contribution < -0.4 is 0 Å². The molecule has 0 radical (unpaired) electrons. The number of esters is 1. The Morgan fingerprint density at radius 2 is 2.50 bits per heavy atom. The summed E-state index contributed by atoms with van der Waals surface area (Å²) >= 11 is 1.67. The molecule has 18 heavy (non-hydrogen) atoms. The van der Waals surface area contributed by atoms with Crippen molar-refractivity contribution < 1.29 is 9.53 Å². The van der Waals surface area contributed by atoms with E-state index in [4.69, 9.17) is 4.74 Å². The Morgan fingerprint density at radius 3 is 3.22 bits per heavy atom. The molecule has 1 unspecified atom stereocenters. The van der Waals surface area contributed by atoms with Crippen LogP contribution in [-0.2, 0) is 16.1 Å². The quantitative estimate of drug-likeness (QED) is 0.781. The number of hydrogen-bond acceptors (Lipinski definition) is 4. The maximum absolute atomic E-state index is 11.8. The molecular formula is C13H14N2O2S. The van der Waals surface area contributed by atoms with Gasteiger partial charge in [-0.25, -0.2) is 4.98 Å². The zero-order chi connectivity index (χ0) is 12.5. The minimum atomic E-state index is -0.162. The summed E-state index contributed by atoms with van der Waals surface area (Å²) in [5.74, 6) is 0.646. The van der Waals surface area contributed by atoms with Crippen molar-refractivity contribution >= 4 is 17.3 Å². The van der Waals surface area contributed by atoms with Gasteiger partial charge in [-0.05, 0) is 24.3 Å². The number of ether oxygens (including phenoxy) is 1.